The first-order valence-electron chi connectivity index (χ1n) is 5.25. The zero-order valence-electron chi connectivity index (χ0n) is 9.33. The SMILES string of the molecule is CN1CCC(O)(c2cnccc2C(F)(F)F)C1. The fourth-order valence-electron chi connectivity index (χ4n) is 2.21. The first-order valence-corrected chi connectivity index (χ1v) is 5.25. The number of aromatic nitrogens is 1. The summed E-state index contributed by atoms with van der Waals surface area (Å²) in [6, 6.07) is 0.908. The third kappa shape index (κ3) is 2.28. The van der Waals surface area contributed by atoms with Gasteiger partial charge in [0.25, 0.3) is 0 Å². The molecule has 0 radical (unpaired) electrons. The van der Waals surface area contributed by atoms with Crippen LogP contribution in [0.2, 0.25) is 0 Å². The van der Waals surface area contributed by atoms with Crippen molar-refractivity contribution < 1.29 is 18.3 Å². The zero-order chi connectivity index (χ0) is 12.7. The highest BCUT2D eigenvalue weighted by molar-refractivity contribution is 5.33. The molecule has 0 bridgehead atoms. The molecule has 1 aliphatic heterocycles. The molecule has 0 spiro atoms. The summed E-state index contributed by atoms with van der Waals surface area (Å²) in [5.74, 6) is 0. The van der Waals surface area contributed by atoms with E-state index in [1.54, 1.807) is 11.9 Å². The predicted octanol–water partition coefficient (Wildman–Crippen LogP) is 1.62. The minimum Gasteiger partial charge on any atom is -0.384 e. The predicted molar refractivity (Wildman–Crippen MR) is 55.2 cm³/mol. The lowest BCUT2D eigenvalue weighted by molar-refractivity contribution is -0.140. The molecule has 1 saturated heterocycles. The minimum atomic E-state index is -4.46. The van der Waals surface area contributed by atoms with Gasteiger partial charge in [-0.25, -0.2) is 0 Å². The number of aliphatic hydroxyl groups is 1. The van der Waals surface area contributed by atoms with E-state index in [4.69, 9.17) is 0 Å². The summed E-state index contributed by atoms with van der Waals surface area (Å²) in [5, 5.41) is 10.3. The summed E-state index contributed by atoms with van der Waals surface area (Å²) >= 11 is 0. The van der Waals surface area contributed by atoms with Crippen LogP contribution >= 0.6 is 0 Å². The van der Waals surface area contributed by atoms with Gasteiger partial charge in [0, 0.05) is 31.0 Å². The van der Waals surface area contributed by atoms with E-state index in [1.165, 1.54) is 0 Å². The van der Waals surface area contributed by atoms with Crippen LogP contribution in [0.4, 0.5) is 13.2 Å². The Morgan fingerprint density at radius 2 is 2.18 bits per heavy atom. The molecule has 94 valence electrons. The average molecular weight is 246 g/mol. The van der Waals surface area contributed by atoms with Gasteiger partial charge in [-0.05, 0) is 19.5 Å². The quantitative estimate of drug-likeness (QED) is 0.818. The molecule has 2 heterocycles. The number of likely N-dealkylation sites (tertiary alicyclic amines) is 1. The molecule has 1 N–H and O–H groups in total. The van der Waals surface area contributed by atoms with Gasteiger partial charge in [0.05, 0.1) is 5.56 Å². The minimum absolute atomic E-state index is 0.128. The first kappa shape index (κ1) is 12.3. The Hall–Kier alpha value is -1.14. The highest BCUT2D eigenvalue weighted by atomic mass is 19.4. The average Bonchev–Trinajstić information content (AvgIpc) is 2.59. The van der Waals surface area contributed by atoms with Gasteiger partial charge < -0.3 is 10.0 Å². The van der Waals surface area contributed by atoms with Crippen LogP contribution in [0, 0.1) is 0 Å². The van der Waals surface area contributed by atoms with E-state index in [1.807, 2.05) is 0 Å². The number of β-amino-alcohol motifs (C(OH)–C–C–N with tert-alkyl or cyclic N) is 1. The number of rotatable bonds is 1. The molecule has 1 aliphatic rings. The Morgan fingerprint density at radius 3 is 2.71 bits per heavy atom. The molecule has 0 amide bonds. The lowest BCUT2D eigenvalue weighted by Gasteiger charge is -2.25. The van der Waals surface area contributed by atoms with Crippen LogP contribution in [0.25, 0.3) is 0 Å². The van der Waals surface area contributed by atoms with E-state index in [-0.39, 0.29) is 18.5 Å². The van der Waals surface area contributed by atoms with Crippen molar-refractivity contribution in [2.24, 2.45) is 0 Å². The second kappa shape index (κ2) is 3.96. The van der Waals surface area contributed by atoms with Gasteiger partial charge in [-0.1, -0.05) is 0 Å². The topological polar surface area (TPSA) is 36.4 Å². The van der Waals surface area contributed by atoms with Gasteiger partial charge in [0.1, 0.15) is 5.60 Å². The zero-order valence-corrected chi connectivity index (χ0v) is 9.33. The maximum atomic E-state index is 12.8. The fourth-order valence-corrected chi connectivity index (χ4v) is 2.21. The number of nitrogens with zero attached hydrogens (tertiary/aromatic N) is 2. The van der Waals surface area contributed by atoms with Crippen molar-refractivity contribution in [2.75, 3.05) is 20.1 Å². The Morgan fingerprint density at radius 1 is 1.47 bits per heavy atom. The summed E-state index contributed by atoms with van der Waals surface area (Å²) in [7, 11) is 1.77. The van der Waals surface area contributed by atoms with E-state index >= 15 is 0 Å². The molecule has 3 nitrogen and oxygen atoms in total. The molecular weight excluding hydrogens is 233 g/mol. The number of likely N-dealkylation sites (N-methyl/N-ethyl adjacent to an activating group) is 1. The normalized spacial score (nSPS) is 26.4. The monoisotopic (exact) mass is 246 g/mol. The second-order valence-corrected chi connectivity index (χ2v) is 4.44. The van der Waals surface area contributed by atoms with E-state index in [9.17, 15) is 18.3 Å². The Kier molecular flexibility index (Phi) is 2.87. The molecule has 1 atom stereocenters. The Bertz CT molecular complexity index is 421. The first-order chi connectivity index (χ1) is 7.83. The van der Waals surface area contributed by atoms with Gasteiger partial charge in [0.2, 0.25) is 0 Å². The molecule has 0 aromatic carbocycles. The maximum Gasteiger partial charge on any atom is 0.416 e. The highest BCUT2D eigenvalue weighted by Gasteiger charge is 2.43. The van der Waals surface area contributed by atoms with Gasteiger partial charge in [-0.15, -0.1) is 0 Å². The molecule has 1 aromatic rings. The van der Waals surface area contributed by atoms with Crippen LogP contribution in [-0.2, 0) is 11.8 Å². The molecule has 1 fully saturated rings. The number of pyridine rings is 1. The molecule has 1 aromatic heterocycles. The molecule has 17 heavy (non-hydrogen) atoms. The van der Waals surface area contributed by atoms with Crippen molar-refractivity contribution in [3.63, 3.8) is 0 Å². The summed E-state index contributed by atoms with van der Waals surface area (Å²) in [6.45, 7) is 0.768. The van der Waals surface area contributed by atoms with Crippen LogP contribution in [-0.4, -0.2) is 35.1 Å². The van der Waals surface area contributed by atoms with Crippen LogP contribution in [0.15, 0.2) is 18.5 Å². The summed E-state index contributed by atoms with van der Waals surface area (Å²) in [6.07, 6.45) is -1.97. The third-order valence-electron chi connectivity index (χ3n) is 3.07. The van der Waals surface area contributed by atoms with Crippen molar-refractivity contribution in [3.8, 4) is 0 Å². The largest absolute Gasteiger partial charge is 0.416 e. The Labute approximate surface area is 96.9 Å². The second-order valence-electron chi connectivity index (χ2n) is 4.44. The number of alkyl halides is 3. The van der Waals surface area contributed by atoms with Gasteiger partial charge >= 0.3 is 6.18 Å². The lowest BCUT2D eigenvalue weighted by Crippen LogP contribution is -2.32. The smallest absolute Gasteiger partial charge is 0.384 e. The van der Waals surface area contributed by atoms with Crippen LogP contribution in [0.5, 0.6) is 0 Å². The number of hydrogen-bond acceptors (Lipinski definition) is 3. The third-order valence-corrected chi connectivity index (χ3v) is 3.07. The van der Waals surface area contributed by atoms with Crippen molar-refractivity contribution >= 4 is 0 Å². The van der Waals surface area contributed by atoms with E-state index < -0.39 is 17.3 Å². The summed E-state index contributed by atoms with van der Waals surface area (Å²) < 4.78 is 38.4. The number of hydrogen-bond donors (Lipinski definition) is 1. The van der Waals surface area contributed by atoms with Crippen LogP contribution in [0.3, 0.4) is 0 Å². The van der Waals surface area contributed by atoms with E-state index in [0.29, 0.717) is 6.54 Å². The standard InChI is InChI=1S/C11H13F3N2O/c1-16-5-3-10(17,7-16)9-6-15-4-2-8(9)11(12,13)14/h2,4,6,17H,3,5,7H2,1H3. The van der Waals surface area contributed by atoms with Crippen molar-refractivity contribution in [1.82, 2.24) is 9.88 Å². The highest BCUT2D eigenvalue weighted by Crippen LogP contribution is 2.39. The summed E-state index contributed by atoms with van der Waals surface area (Å²) in [4.78, 5) is 5.49. The molecule has 6 heteroatoms. The van der Waals surface area contributed by atoms with E-state index in [0.717, 1.165) is 18.5 Å². The molecule has 0 aliphatic carbocycles. The Balaban J connectivity index is 2.46. The molecule has 0 saturated carbocycles. The van der Waals surface area contributed by atoms with E-state index in [2.05, 4.69) is 4.98 Å². The van der Waals surface area contributed by atoms with Crippen molar-refractivity contribution in [1.29, 1.82) is 0 Å². The van der Waals surface area contributed by atoms with Gasteiger partial charge in [-0.2, -0.15) is 13.2 Å². The van der Waals surface area contributed by atoms with Crippen LogP contribution in [0.1, 0.15) is 17.5 Å². The van der Waals surface area contributed by atoms with Gasteiger partial charge in [-0.3, -0.25) is 4.98 Å². The van der Waals surface area contributed by atoms with Gasteiger partial charge in [0.15, 0.2) is 0 Å². The maximum absolute atomic E-state index is 12.8. The fraction of sp³-hybridized carbons (Fsp3) is 0.545. The summed E-state index contributed by atoms with van der Waals surface area (Å²) in [5.41, 5.74) is -2.38. The van der Waals surface area contributed by atoms with Crippen molar-refractivity contribution in [3.05, 3.63) is 29.6 Å². The lowest BCUT2D eigenvalue weighted by atomic mass is 9.90. The van der Waals surface area contributed by atoms with Crippen molar-refractivity contribution in [2.45, 2.75) is 18.2 Å². The molecule has 2 rings (SSSR count). The molecular formula is C11H13F3N2O. The molecule has 1 unspecified atom stereocenters. The number of halogens is 3. The van der Waals surface area contributed by atoms with Crippen LogP contribution < -0.4 is 0 Å².